The van der Waals surface area contributed by atoms with Crippen LogP contribution in [0.15, 0.2) is 30.3 Å². The van der Waals surface area contributed by atoms with Crippen LogP contribution in [0.4, 0.5) is 5.82 Å². The summed E-state index contributed by atoms with van der Waals surface area (Å²) in [5, 5.41) is 9.82. The average Bonchev–Trinajstić information content (AvgIpc) is 3.10. The number of amides is 1. The molecule has 0 atom stereocenters. The Kier molecular flexibility index (Phi) is 4.91. The Morgan fingerprint density at radius 1 is 1.30 bits per heavy atom. The number of carbonyl (C=O) groups excluding carboxylic acids is 1. The summed E-state index contributed by atoms with van der Waals surface area (Å²) in [6, 6.07) is 8.97. The van der Waals surface area contributed by atoms with E-state index in [1.54, 1.807) is 41.5 Å². The Balaban J connectivity index is 1.83. The molecule has 0 unspecified atom stereocenters. The molecule has 4 rings (SSSR count). The SMILES string of the molecule is CN(C=O)Cc1cc2nc(-c3cccc(O)c3)nc(N3CCOCC3)c2s1. The lowest BCUT2D eigenvalue weighted by molar-refractivity contribution is -0.117. The second kappa shape index (κ2) is 7.50. The van der Waals surface area contributed by atoms with Crippen LogP contribution in [-0.4, -0.2) is 59.7 Å². The van der Waals surface area contributed by atoms with Gasteiger partial charge in [-0.15, -0.1) is 11.3 Å². The van der Waals surface area contributed by atoms with Gasteiger partial charge in [-0.3, -0.25) is 4.79 Å². The maximum atomic E-state index is 11.0. The smallest absolute Gasteiger partial charge is 0.209 e. The van der Waals surface area contributed by atoms with E-state index in [0.717, 1.165) is 46.0 Å². The number of nitrogens with zero attached hydrogens (tertiary/aromatic N) is 4. The van der Waals surface area contributed by atoms with E-state index in [4.69, 9.17) is 14.7 Å². The van der Waals surface area contributed by atoms with Gasteiger partial charge in [0.1, 0.15) is 5.75 Å². The quantitative estimate of drug-likeness (QED) is 0.681. The van der Waals surface area contributed by atoms with Gasteiger partial charge in [-0.2, -0.15) is 0 Å². The molecule has 1 aromatic carbocycles. The number of phenols is 1. The van der Waals surface area contributed by atoms with Crippen molar-refractivity contribution in [2.45, 2.75) is 6.54 Å². The number of aromatic hydroxyl groups is 1. The van der Waals surface area contributed by atoms with Gasteiger partial charge in [-0.1, -0.05) is 12.1 Å². The van der Waals surface area contributed by atoms with Gasteiger partial charge in [0.05, 0.1) is 30.0 Å². The molecule has 3 heterocycles. The fourth-order valence-electron chi connectivity index (χ4n) is 3.09. The highest BCUT2D eigenvalue weighted by atomic mass is 32.1. The van der Waals surface area contributed by atoms with Gasteiger partial charge in [0.25, 0.3) is 0 Å². The highest BCUT2D eigenvalue weighted by molar-refractivity contribution is 7.19. The van der Waals surface area contributed by atoms with Gasteiger partial charge in [0.2, 0.25) is 6.41 Å². The van der Waals surface area contributed by atoms with Crippen molar-refractivity contribution in [3.05, 3.63) is 35.2 Å². The molecule has 0 spiro atoms. The summed E-state index contributed by atoms with van der Waals surface area (Å²) in [6.45, 7) is 3.41. The fraction of sp³-hybridized carbons (Fsp3) is 0.316. The number of rotatable bonds is 5. The third-order valence-electron chi connectivity index (χ3n) is 4.40. The number of anilines is 1. The van der Waals surface area contributed by atoms with Crippen LogP contribution in [0.1, 0.15) is 4.88 Å². The lowest BCUT2D eigenvalue weighted by atomic mass is 10.2. The predicted octanol–water partition coefficient (Wildman–Crippen LogP) is 2.49. The summed E-state index contributed by atoms with van der Waals surface area (Å²) in [5.41, 5.74) is 1.62. The van der Waals surface area contributed by atoms with Crippen LogP contribution in [0.3, 0.4) is 0 Å². The van der Waals surface area contributed by atoms with Crippen molar-refractivity contribution in [3.63, 3.8) is 0 Å². The number of morpholine rings is 1. The van der Waals surface area contributed by atoms with Gasteiger partial charge in [0.15, 0.2) is 11.6 Å². The molecule has 140 valence electrons. The molecular formula is C19H20N4O3S. The van der Waals surface area contributed by atoms with E-state index in [1.165, 1.54) is 0 Å². The van der Waals surface area contributed by atoms with E-state index in [1.807, 2.05) is 12.1 Å². The van der Waals surface area contributed by atoms with Gasteiger partial charge >= 0.3 is 0 Å². The Morgan fingerprint density at radius 2 is 2.11 bits per heavy atom. The van der Waals surface area contributed by atoms with Crippen molar-refractivity contribution in [3.8, 4) is 17.1 Å². The first-order chi connectivity index (χ1) is 13.1. The van der Waals surface area contributed by atoms with Crippen molar-refractivity contribution < 1.29 is 14.6 Å². The van der Waals surface area contributed by atoms with Crippen molar-refractivity contribution in [1.29, 1.82) is 0 Å². The van der Waals surface area contributed by atoms with Gasteiger partial charge in [-0.05, 0) is 18.2 Å². The molecule has 0 aliphatic carbocycles. The molecule has 7 nitrogen and oxygen atoms in total. The predicted molar refractivity (Wildman–Crippen MR) is 105 cm³/mol. The molecule has 1 amide bonds. The van der Waals surface area contributed by atoms with Crippen LogP contribution in [0.2, 0.25) is 0 Å². The minimum atomic E-state index is 0.183. The van der Waals surface area contributed by atoms with E-state index < -0.39 is 0 Å². The third kappa shape index (κ3) is 3.72. The Morgan fingerprint density at radius 3 is 2.85 bits per heavy atom. The van der Waals surface area contributed by atoms with E-state index in [2.05, 4.69) is 4.90 Å². The van der Waals surface area contributed by atoms with E-state index in [9.17, 15) is 9.90 Å². The van der Waals surface area contributed by atoms with Crippen LogP contribution < -0.4 is 4.90 Å². The maximum Gasteiger partial charge on any atom is 0.209 e. The van der Waals surface area contributed by atoms with Crippen LogP contribution >= 0.6 is 11.3 Å². The molecule has 1 aliphatic heterocycles. The van der Waals surface area contributed by atoms with Crippen molar-refractivity contribution >= 4 is 33.8 Å². The van der Waals surface area contributed by atoms with Gasteiger partial charge in [0, 0.05) is 30.6 Å². The summed E-state index contributed by atoms with van der Waals surface area (Å²) < 4.78 is 6.49. The summed E-state index contributed by atoms with van der Waals surface area (Å²) in [4.78, 5) is 25.4. The zero-order chi connectivity index (χ0) is 18.8. The molecule has 8 heteroatoms. The zero-order valence-corrected chi connectivity index (χ0v) is 15.8. The highest BCUT2D eigenvalue weighted by Gasteiger charge is 2.20. The second-order valence-corrected chi connectivity index (χ2v) is 7.60. The minimum Gasteiger partial charge on any atom is -0.508 e. The molecule has 2 aromatic heterocycles. The van der Waals surface area contributed by atoms with Gasteiger partial charge in [-0.25, -0.2) is 9.97 Å². The molecule has 1 N–H and O–H groups in total. The number of hydrogen-bond donors (Lipinski definition) is 1. The standard InChI is InChI=1S/C19H20N4O3S/c1-22(12-24)11-15-10-16-17(27-15)19(23-5-7-26-8-6-23)21-18(20-16)13-3-2-4-14(25)9-13/h2-4,9-10,12,25H,5-8,11H2,1H3. The Hall–Kier alpha value is -2.71. The minimum absolute atomic E-state index is 0.183. The van der Waals surface area contributed by atoms with E-state index in [-0.39, 0.29) is 5.75 Å². The molecule has 1 saturated heterocycles. The highest BCUT2D eigenvalue weighted by Crippen LogP contribution is 2.35. The molecule has 3 aromatic rings. The topological polar surface area (TPSA) is 78.8 Å². The number of carbonyl (C=O) groups is 1. The largest absolute Gasteiger partial charge is 0.508 e. The van der Waals surface area contributed by atoms with Crippen molar-refractivity contribution in [2.24, 2.45) is 0 Å². The molecule has 0 bridgehead atoms. The summed E-state index contributed by atoms with van der Waals surface area (Å²) in [5.74, 6) is 1.64. The maximum absolute atomic E-state index is 11.0. The van der Waals surface area contributed by atoms with Gasteiger partial charge < -0.3 is 19.6 Å². The first-order valence-electron chi connectivity index (χ1n) is 8.72. The third-order valence-corrected chi connectivity index (χ3v) is 5.51. The zero-order valence-electron chi connectivity index (χ0n) is 15.0. The number of hydrogen-bond acceptors (Lipinski definition) is 7. The number of fused-ring (bicyclic) bond motifs is 1. The molecule has 1 aliphatic rings. The number of phenolic OH excluding ortho intramolecular Hbond substituents is 1. The number of ether oxygens (including phenoxy) is 1. The van der Waals surface area contributed by atoms with Crippen LogP contribution in [0.25, 0.3) is 21.6 Å². The lowest BCUT2D eigenvalue weighted by Gasteiger charge is -2.28. The summed E-state index contributed by atoms with van der Waals surface area (Å²) in [6.07, 6.45) is 0.817. The van der Waals surface area contributed by atoms with Crippen LogP contribution in [-0.2, 0) is 16.1 Å². The fourth-order valence-corrected chi connectivity index (χ4v) is 4.26. The van der Waals surface area contributed by atoms with Crippen molar-refractivity contribution in [2.75, 3.05) is 38.3 Å². The molecule has 0 saturated carbocycles. The second-order valence-electron chi connectivity index (χ2n) is 6.47. The Labute approximate surface area is 160 Å². The first kappa shape index (κ1) is 17.7. The molecular weight excluding hydrogens is 364 g/mol. The monoisotopic (exact) mass is 384 g/mol. The summed E-state index contributed by atoms with van der Waals surface area (Å²) >= 11 is 1.61. The van der Waals surface area contributed by atoms with Crippen molar-refractivity contribution in [1.82, 2.24) is 14.9 Å². The first-order valence-corrected chi connectivity index (χ1v) is 9.54. The normalized spacial score (nSPS) is 14.5. The summed E-state index contributed by atoms with van der Waals surface area (Å²) in [7, 11) is 1.75. The molecule has 1 fully saturated rings. The Bertz CT molecular complexity index is 969. The number of benzene rings is 1. The lowest BCUT2D eigenvalue weighted by Crippen LogP contribution is -2.36. The van der Waals surface area contributed by atoms with Crippen LogP contribution in [0, 0.1) is 0 Å². The molecule has 27 heavy (non-hydrogen) atoms. The number of aromatic nitrogens is 2. The average molecular weight is 384 g/mol. The molecule has 0 radical (unpaired) electrons. The van der Waals surface area contributed by atoms with Crippen LogP contribution in [0.5, 0.6) is 5.75 Å². The van der Waals surface area contributed by atoms with E-state index >= 15 is 0 Å². The van der Waals surface area contributed by atoms with E-state index in [0.29, 0.717) is 25.6 Å². The number of thiophene rings is 1.